The van der Waals surface area contributed by atoms with E-state index >= 15 is 0 Å². The van der Waals surface area contributed by atoms with Crippen molar-refractivity contribution < 1.29 is 22.7 Å². The first-order chi connectivity index (χ1) is 15.7. The zero-order valence-electron chi connectivity index (χ0n) is 17.3. The lowest BCUT2D eigenvalue weighted by molar-refractivity contribution is -0.122. The molecule has 2 fully saturated rings. The number of benzene rings is 2. The van der Waals surface area contributed by atoms with Gasteiger partial charge in [0.2, 0.25) is 15.9 Å². The van der Waals surface area contributed by atoms with E-state index in [1.54, 1.807) is 0 Å². The molecule has 0 aliphatic carbocycles. The molecule has 4 rings (SSSR count). The fourth-order valence-corrected chi connectivity index (χ4v) is 6.33. The van der Waals surface area contributed by atoms with E-state index in [0.29, 0.717) is 18.6 Å². The largest absolute Gasteiger partial charge is 0.377 e. The normalized spacial score (nSPS) is 21.1. The Labute approximate surface area is 201 Å². The van der Waals surface area contributed by atoms with Crippen LogP contribution in [0.15, 0.2) is 47.4 Å². The van der Waals surface area contributed by atoms with Crippen LogP contribution in [0.1, 0.15) is 24.8 Å². The molecule has 2 saturated heterocycles. The molecule has 2 heterocycles. The van der Waals surface area contributed by atoms with Gasteiger partial charge in [0.25, 0.3) is 5.91 Å². The number of hydrogen-bond acceptors (Lipinski definition) is 6. The fourth-order valence-electron chi connectivity index (χ4n) is 3.98. The van der Waals surface area contributed by atoms with E-state index in [9.17, 15) is 18.0 Å². The number of halogens is 2. The topological polar surface area (TPSA) is 108 Å². The number of amides is 2. The van der Waals surface area contributed by atoms with Gasteiger partial charge in [-0.3, -0.25) is 9.59 Å². The Hall–Kier alpha value is -2.48. The van der Waals surface area contributed by atoms with Crippen molar-refractivity contribution in [3.05, 3.63) is 58.1 Å². The molecule has 11 heteroatoms. The standard InChI is InChI=1S/C22H19Cl2N3O5S/c23-15-5-8-18(24)20(10-15)33(30,31)26(13-17-2-1-9-32-17)19-11-21(28)27(22(19)29)16-6-3-14(12-25)4-7-16/h3-8,10,17,19H,1-2,9,11,13H2. The van der Waals surface area contributed by atoms with Gasteiger partial charge in [-0.1, -0.05) is 23.2 Å². The highest BCUT2D eigenvalue weighted by Crippen LogP contribution is 2.34. The fraction of sp³-hybridized carbons (Fsp3) is 0.318. The van der Waals surface area contributed by atoms with E-state index in [2.05, 4.69) is 0 Å². The van der Waals surface area contributed by atoms with Crippen LogP contribution in [-0.2, 0) is 24.3 Å². The molecule has 0 bridgehead atoms. The quantitative estimate of drug-likeness (QED) is 0.554. The molecule has 33 heavy (non-hydrogen) atoms. The number of nitriles is 1. The van der Waals surface area contributed by atoms with Crippen molar-refractivity contribution in [3.63, 3.8) is 0 Å². The molecule has 2 amide bonds. The number of carbonyl (C=O) groups is 2. The third-order valence-electron chi connectivity index (χ3n) is 5.61. The summed E-state index contributed by atoms with van der Waals surface area (Å²) in [6, 6.07) is 10.7. The summed E-state index contributed by atoms with van der Waals surface area (Å²) < 4.78 is 34.0. The molecular weight excluding hydrogens is 489 g/mol. The molecule has 2 aromatic carbocycles. The Bertz CT molecular complexity index is 1240. The molecule has 2 unspecified atom stereocenters. The number of nitrogens with zero attached hydrogens (tertiary/aromatic N) is 3. The van der Waals surface area contributed by atoms with E-state index < -0.39 is 34.0 Å². The van der Waals surface area contributed by atoms with Crippen LogP contribution >= 0.6 is 23.2 Å². The first-order valence-corrected chi connectivity index (χ1v) is 12.4. The lowest BCUT2D eigenvalue weighted by Crippen LogP contribution is -2.48. The molecular formula is C22H19Cl2N3O5S. The Balaban J connectivity index is 1.73. The van der Waals surface area contributed by atoms with Crippen LogP contribution in [0.4, 0.5) is 5.69 Å². The smallest absolute Gasteiger partial charge is 0.252 e. The van der Waals surface area contributed by atoms with E-state index in [1.807, 2.05) is 6.07 Å². The number of carbonyl (C=O) groups excluding carboxylic acids is 2. The number of rotatable bonds is 6. The second-order valence-corrected chi connectivity index (χ2v) is 10.4. The summed E-state index contributed by atoms with van der Waals surface area (Å²) in [5.41, 5.74) is 0.634. The van der Waals surface area contributed by atoms with Crippen LogP contribution in [0.25, 0.3) is 0 Å². The molecule has 0 radical (unpaired) electrons. The zero-order valence-corrected chi connectivity index (χ0v) is 19.6. The monoisotopic (exact) mass is 507 g/mol. The van der Waals surface area contributed by atoms with Crippen LogP contribution in [0.5, 0.6) is 0 Å². The van der Waals surface area contributed by atoms with Gasteiger partial charge in [0.05, 0.1) is 34.9 Å². The van der Waals surface area contributed by atoms with Crippen molar-refractivity contribution in [1.29, 1.82) is 5.26 Å². The molecule has 0 N–H and O–H groups in total. The minimum atomic E-state index is -4.30. The van der Waals surface area contributed by atoms with Gasteiger partial charge in [0.15, 0.2) is 0 Å². The maximum atomic E-state index is 13.7. The molecule has 2 aliphatic rings. The maximum absolute atomic E-state index is 13.7. The van der Waals surface area contributed by atoms with Crippen LogP contribution < -0.4 is 4.90 Å². The van der Waals surface area contributed by atoms with Crippen molar-refractivity contribution >= 4 is 50.7 Å². The predicted octanol–water partition coefficient (Wildman–Crippen LogP) is 3.37. The Morgan fingerprint density at radius 1 is 1.15 bits per heavy atom. The van der Waals surface area contributed by atoms with Gasteiger partial charge in [-0.15, -0.1) is 0 Å². The summed E-state index contributed by atoms with van der Waals surface area (Å²) in [4.78, 5) is 26.9. The van der Waals surface area contributed by atoms with Gasteiger partial charge in [0.1, 0.15) is 10.9 Å². The predicted molar refractivity (Wildman–Crippen MR) is 121 cm³/mol. The first-order valence-electron chi connectivity index (χ1n) is 10.2. The van der Waals surface area contributed by atoms with Crippen LogP contribution in [-0.4, -0.2) is 49.8 Å². The van der Waals surface area contributed by atoms with Crippen molar-refractivity contribution in [2.24, 2.45) is 0 Å². The SMILES string of the molecule is N#Cc1ccc(N2C(=O)CC(N(CC3CCCO3)S(=O)(=O)c3cc(Cl)ccc3Cl)C2=O)cc1. The Morgan fingerprint density at radius 3 is 2.52 bits per heavy atom. The molecule has 0 saturated carbocycles. The van der Waals surface area contributed by atoms with Crippen LogP contribution in [0, 0.1) is 11.3 Å². The van der Waals surface area contributed by atoms with Crippen LogP contribution in [0.2, 0.25) is 10.0 Å². The number of hydrogen-bond donors (Lipinski definition) is 0. The van der Waals surface area contributed by atoms with Crippen molar-refractivity contribution in [3.8, 4) is 6.07 Å². The summed E-state index contributed by atoms with van der Waals surface area (Å²) >= 11 is 12.2. The second kappa shape index (κ2) is 9.41. The van der Waals surface area contributed by atoms with Crippen molar-refractivity contribution in [2.45, 2.75) is 36.3 Å². The molecule has 2 atom stereocenters. The average molecular weight is 508 g/mol. The second-order valence-electron chi connectivity index (χ2n) is 7.73. The summed E-state index contributed by atoms with van der Waals surface area (Å²) in [6.45, 7) is 0.390. The molecule has 2 aromatic rings. The van der Waals surface area contributed by atoms with Crippen LogP contribution in [0.3, 0.4) is 0 Å². The minimum absolute atomic E-state index is 0.0440. The highest BCUT2D eigenvalue weighted by Gasteiger charge is 2.48. The molecule has 172 valence electrons. The number of sulfonamides is 1. The minimum Gasteiger partial charge on any atom is -0.377 e. The summed E-state index contributed by atoms with van der Waals surface area (Å²) in [5.74, 6) is -1.22. The third kappa shape index (κ3) is 4.63. The zero-order chi connectivity index (χ0) is 23.8. The average Bonchev–Trinajstić information content (AvgIpc) is 3.41. The number of imide groups is 1. The van der Waals surface area contributed by atoms with E-state index in [4.69, 9.17) is 33.2 Å². The summed E-state index contributed by atoms with van der Waals surface area (Å²) in [6.07, 6.45) is 0.655. The van der Waals surface area contributed by atoms with E-state index in [0.717, 1.165) is 15.6 Å². The summed E-state index contributed by atoms with van der Waals surface area (Å²) in [5, 5.41) is 9.11. The number of anilines is 1. The molecule has 8 nitrogen and oxygen atoms in total. The lowest BCUT2D eigenvalue weighted by atomic mass is 10.2. The highest BCUT2D eigenvalue weighted by molar-refractivity contribution is 7.89. The van der Waals surface area contributed by atoms with E-state index in [1.165, 1.54) is 42.5 Å². The maximum Gasteiger partial charge on any atom is 0.252 e. The van der Waals surface area contributed by atoms with Gasteiger partial charge in [-0.05, 0) is 55.3 Å². The van der Waals surface area contributed by atoms with Gasteiger partial charge >= 0.3 is 0 Å². The van der Waals surface area contributed by atoms with Gasteiger partial charge in [0, 0.05) is 18.2 Å². The third-order valence-corrected chi connectivity index (χ3v) is 8.20. The molecule has 2 aliphatic heterocycles. The molecule has 0 spiro atoms. The Kier molecular flexibility index (Phi) is 6.75. The summed E-state index contributed by atoms with van der Waals surface area (Å²) in [7, 11) is -4.30. The Morgan fingerprint density at radius 2 is 1.88 bits per heavy atom. The lowest BCUT2D eigenvalue weighted by Gasteiger charge is -2.29. The van der Waals surface area contributed by atoms with Gasteiger partial charge < -0.3 is 4.74 Å². The first kappa shape index (κ1) is 23.7. The number of ether oxygens (including phenoxy) is 1. The molecule has 0 aromatic heterocycles. The highest BCUT2D eigenvalue weighted by atomic mass is 35.5. The van der Waals surface area contributed by atoms with Gasteiger partial charge in [-0.2, -0.15) is 9.57 Å². The van der Waals surface area contributed by atoms with E-state index in [-0.39, 0.29) is 33.6 Å². The van der Waals surface area contributed by atoms with Gasteiger partial charge in [-0.25, -0.2) is 13.3 Å². The van der Waals surface area contributed by atoms with Crippen molar-refractivity contribution in [1.82, 2.24) is 4.31 Å². The van der Waals surface area contributed by atoms with Crippen molar-refractivity contribution in [2.75, 3.05) is 18.1 Å².